The third-order valence-corrected chi connectivity index (χ3v) is 8.58. The van der Waals surface area contributed by atoms with Gasteiger partial charge in [-0.05, 0) is 44.9 Å². The number of hydrogen-bond acceptors (Lipinski definition) is 10. The van der Waals surface area contributed by atoms with Crippen LogP contribution in [0.4, 0.5) is 15.9 Å². The molecule has 13 heteroatoms. The van der Waals surface area contributed by atoms with Crippen molar-refractivity contribution in [3.05, 3.63) is 46.6 Å². The zero-order chi connectivity index (χ0) is 26.4. The molecule has 0 spiro atoms. The molecule has 1 aromatic heterocycles. The van der Waals surface area contributed by atoms with Gasteiger partial charge >= 0.3 is 7.60 Å². The van der Waals surface area contributed by atoms with Crippen LogP contribution < -0.4 is 10.6 Å². The fourth-order valence-electron chi connectivity index (χ4n) is 4.57. The molecule has 3 unspecified atom stereocenters. The average Bonchev–Trinajstić information content (AvgIpc) is 3.35. The van der Waals surface area contributed by atoms with Crippen molar-refractivity contribution in [2.75, 3.05) is 37.9 Å². The lowest BCUT2D eigenvalue weighted by Crippen LogP contribution is -2.53. The van der Waals surface area contributed by atoms with Crippen LogP contribution in [0, 0.1) is 5.82 Å². The van der Waals surface area contributed by atoms with E-state index in [0.717, 1.165) is 17.7 Å². The van der Waals surface area contributed by atoms with Crippen LogP contribution in [0.15, 0.2) is 24.5 Å². The fourth-order valence-corrected chi connectivity index (χ4v) is 6.35. The Bertz CT molecular complexity index is 1100. The van der Waals surface area contributed by atoms with E-state index in [0.29, 0.717) is 37.6 Å². The van der Waals surface area contributed by atoms with Gasteiger partial charge in [-0.25, -0.2) is 14.4 Å². The third kappa shape index (κ3) is 7.46. The van der Waals surface area contributed by atoms with Crippen LogP contribution in [0.2, 0.25) is 5.02 Å². The van der Waals surface area contributed by atoms with Gasteiger partial charge < -0.3 is 28.9 Å². The highest BCUT2D eigenvalue weighted by atomic mass is 35.5. The number of aromatic nitrogens is 2. The summed E-state index contributed by atoms with van der Waals surface area (Å²) in [5.74, 6) is 0.0355. The van der Waals surface area contributed by atoms with Gasteiger partial charge in [-0.2, -0.15) is 0 Å². The van der Waals surface area contributed by atoms with Crippen molar-refractivity contribution in [3.63, 3.8) is 0 Å². The molecule has 204 valence electrons. The average molecular weight is 559 g/mol. The molecule has 4 atom stereocenters. The number of anilines is 2. The molecular formula is C24H33ClFN4O6P. The summed E-state index contributed by atoms with van der Waals surface area (Å²) >= 11 is 5.95. The van der Waals surface area contributed by atoms with Gasteiger partial charge in [0.05, 0.1) is 48.9 Å². The summed E-state index contributed by atoms with van der Waals surface area (Å²) in [7, 11) is -3.48. The molecule has 0 saturated carbocycles. The molecule has 0 bridgehead atoms. The lowest BCUT2D eigenvalue weighted by molar-refractivity contribution is -0.0458. The first-order valence-corrected chi connectivity index (χ1v) is 14.5. The van der Waals surface area contributed by atoms with E-state index in [-0.39, 0.29) is 42.6 Å². The van der Waals surface area contributed by atoms with E-state index in [4.69, 9.17) is 30.1 Å². The minimum absolute atomic E-state index is 0.00383. The topological polar surface area (TPSA) is 124 Å². The van der Waals surface area contributed by atoms with Gasteiger partial charge in [0.1, 0.15) is 24.2 Å². The van der Waals surface area contributed by atoms with Crippen molar-refractivity contribution in [1.82, 2.24) is 15.3 Å². The summed E-state index contributed by atoms with van der Waals surface area (Å²) in [5, 5.41) is 17.2. The molecule has 1 aliphatic heterocycles. The maximum Gasteiger partial charge on any atom is 0.334 e. The monoisotopic (exact) mass is 558 g/mol. The van der Waals surface area contributed by atoms with Crippen LogP contribution in [-0.4, -0.2) is 72.1 Å². The molecule has 4 rings (SSSR count). The molecule has 3 N–H and O–H groups in total. The summed E-state index contributed by atoms with van der Waals surface area (Å²) in [6, 6.07) is 3.98. The van der Waals surface area contributed by atoms with Gasteiger partial charge in [0.15, 0.2) is 0 Å². The molecule has 37 heavy (non-hydrogen) atoms. The minimum atomic E-state index is -3.48. The van der Waals surface area contributed by atoms with E-state index in [9.17, 15) is 14.1 Å². The predicted molar refractivity (Wildman–Crippen MR) is 137 cm³/mol. The summed E-state index contributed by atoms with van der Waals surface area (Å²) in [6.45, 7) is 4.99. The molecule has 0 radical (unpaired) electrons. The lowest BCUT2D eigenvalue weighted by Gasteiger charge is -2.36. The van der Waals surface area contributed by atoms with Crippen LogP contribution in [-0.2, 0) is 35.9 Å². The van der Waals surface area contributed by atoms with Gasteiger partial charge in [-0.15, -0.1) is 0 Å². The van der Waals surface area contributed by atoms with Crippen molar-refractivity contribution in [2.24, 2.45) is 0 Å². The fraction of sp³-hybridized carbons (Fsp3) is 0.583. The Balaban J connectivity index is 1.55. The molecule has 2 aromatic rings. The van der Waals surface area contributed by atoms with Gasteiger partial charge in [0.2, 0.25) is 0 Å². The second-order valence-electron chi connectivity index (χ2n) is 8.89. The molecule has 0 amide bonds. The summed E-state index contributed by atoms with van der Waals surface area (Å²) in [4.78, 5) is 8.87. The van der Waals surface area contributed by atoms with Crippen LogP contribution in [0.25, 0.3) is 0 Å². The SMILES string of the molecule is CCOP(=O)(CC(O)NC1Cc2c(ncnc2Nc2ccc(F)c(Cl)c2)CC1O[C@H]1CCOC1)OCC. The molecule has 1 aliphatic carbocycles. The van der Waals surface area contributed by atoms with Crippen LogP contribution >= 0.6 is 19.2 Å². The second kappa shape index (κ2) is 12.9. The standard InChI is InChI=1S/C24H33ClFN4O6P/c1-3-34-37(32,35-4-2)13-23(31)30-21-10-17-20(11-22(21)36-16-7-8-33-12-16)27-14-28-24(17)29-15-5-6-19(26)18(25)9-15/h5-6,9,14,16,21-23,30-31H,3-4,7-8,10-13H2,1-2H3,(H,27,28,29)/t16-,21?,22?,23?/m0/s1. The number of benzene rings is 1. The van der Waals surface area contributed by atoms with Gasteiger partial charge in [0.25, 0.3) is 0 Å². The number of aliphatic hydroxyl groups is 1. The number of fused-ring (bicyclic) bond motifs is 1. The zero-order valence-electron chi connectivity index (χ0n) is 20.9. The van der Waals surface area contributed by atoms with E-state index >= 15 is 0 Å². The molecule has 2 aliphatic rings. The van der Waals surface area contributed by atoms with Crippen LogP contribution in [0.3, 0.4) is 0 Å². The number of nitrogens with zero attached hydrogens (tertiary/aromatic N) is 2. The van der Waals surface area contributed by atoms with Gasteiger partial charge in [0, 0.05) is 30.3 Å². The first kappa shape index (κ1) is 28.3. The third-order valence-electron chi connectivity index (χ3n) is 6.19. The van der Waals surface area contributed by atoms with E-state index in [2.05, 4.69) is 20.6 Å². The molecule has 1 fully saturated rings. The molecule has 1 saturated heterocycles. The normalized spacial score (nSPS) is 22.6. The van der Waals surface area contributed by atoms with E-state index < -0.39 is 19.6 Å². The highest BCUT2D eigenvalue weighted by Gasteiger charge is 2.37. The van der Waals surface area contributed by atoms with Gasteiger partial charge in [-0.1, -0.05) is 11.6 Å². The first-order valence-electron chi connectivity index (χ1n) is 12.4. The zero-order valence-corrected chi connectivity index (χ0v) is 22.5. The summed E-state index contributed by atoms with van der Waals surface area (Å²) < 4.78 is 49.1. The number of halogens is 2. The predicted octanol–water partition coefficient (Wildman–Crippen LogP) is 3.83. The number of hydrogen-bond donors (Lipinski definition) is 3. The number of nitrogens with one attached hydrogen (secondary N) is 2. The Labute approximate surface area is 220 Å². The van der Waals surface area contributed by atoms with Crippen molar-refractivity contribution >= 4 is 30.7 Å². The smallest absolute Gasteiger partial charge is 0.334 e. The summed E-state index contributed by atoms with van der Waals surface area (Å²) in [5.41, 5.74) is 2.21. The quantitative estimate of drug-likeness (QED) is 0.261. The summed E-state index contributed by atoms with van der Waals surface area (Å²) in [6.07, 6.45) is 1.36. The molecular weight excluding hydrogens is 526 g/mol. The Kier molecular flexibility index (Phi) is 9.88. The van der Waals surface area contributed by atoms with E-state index in [1.165, 1.54) is 18.5 Å². The number of rotatable bonds is 12. The Morgan fingerprint density at radius 3 is 2.73 bits per heavy atom. The largest absolute Gasteiger partial charge is 0.379 e. The Hall–Kier alpha value is -1.69. The number of ether oxygens (including phenoxy) is 2. The van der Waals surface area contributed by atoms with Crippen molar-refractivity contribution in [3.8, 4) is 0 Å². The lowest BCUT2D eigenvalue weighted by atomic mass is 9.89. The Morgan fingerprint density at radius 2 is 2.05 bits per heavy atom. The highest BCUT2D eigenvalue weighted by molar-refractivity contribution is 7.53. The molecule has 10 nitrogen and oxygen atoms in total. The van der Waals surface area contributed by atoms with E-state index in [1.54, 1.807) is 19.9 Å². The van der Waals surface area contributed by atoms with Gasteiger partial charge in [-0.3, -0.25) is 9.88 Å². The van der Waals surface area contributed by atoms with Crippen LogP contribution in [0.5, 0.6) is 0 Å². The maximum absolute atomic E-state index is 13.6. The Morgan fingerprint density at radius 1 is 1.27 bits per heavy atom. The number of aliphatic hydroxyl groups excluding tert-OH is 1. The minimum Gasteiger partial charge on any atom is -0.379 e. The maximum atomic E-state index is 13.6. The molecule has 1 aromatic carbocycles. The van der Waals surface area contributed by atoms with Crippen molar-refractivity contribution in [2.45, 2.75) is 57.6 Å². The molecule has 2 heterocycles. The van der Waals surface area contributed by atoms with E-state index in [1.807, 2.05) is 0 Å². The highest BCUT2D eigenvalue weighted by Crippen LogP contribution is 2.48. The second-order valence-corrected chi connectivity index (χ2v) is 11.4. The van der Waals surface area contributed by atoms with Crippen LogP contribution in [0.1, 0.15) is 31.5 Å². The van der Waals surface area contributed by atoms with Crippen molar-refractivity contribution < 1.29 is 32.6 Å². The van der Waals surface area contributed by atoms with Crippen molar-refractivity contribution in [1.29, 1.82) is 0 Å². The first-order chi connectivity index (χ1) is 17.8.